The number of nitrogen functional groups attached to an aromatic ring is 1. The third kappa shape index (κ3) is 3.28. The fourth-order valence-electron chi connectivity index (χ4n) is 1.66. The molecule has 0 bridgehead atoms. The van der Waals surface area contributed by atoms with Gasteiger partial charge in [0.1, 0.15) is 0 Å². The number of amides is 1. The van der Waals surface area contributed by atoms with Crippen molar-refractivity contribution in [3.8, 4) is 0 Å². The van der Waals surface area contributed by atoms with Crippen LogP contribution in [0.15, 0.2) is 40.9 Å². The van der Waals surface area contributed by atoms with Gasteiger partial charge in [-0.25, -0.2) is 0 Å². The summed E-state index contributed by atoms with van der Waals surface area (Å²) in [5, 5.41) is 3.15. The lowest BCUT2D eigenvalue weighted by Crippen LogP contribution is -2.13. The van der Waals surface area contributed by atoms with Gasteiger partial charge in [-0.3, -0.25) is 4.79 Å². The van der Waals surface area contributed by atoms with Crippen molar-refractivity contribution in [2.45, 2.75) is 6.92 Å². The van der Waals surface area contributed by atoms with Crippen LogP contribution in [-0.4, -0.2) is 5.91 Å². The van der Waals surface area contributed by atoms with Crippen LogP contribution in [0.1, 0.15) is 15.9 Å². The second-order valence-electron chi connectivity index (χ2n) is 4.17. The van der Waals surface area contributed by atoms with Crippen molar-refractivity contribution in [3.63, 3.8) is 0 Å². The summed E-state index contributed by atoms with van der Waals surface area (Å²) in [6, 6.07) is 10.6. The van der Waals surface area contributed by atoms with E-state index in [2.05, 4.69) is 21.2 Å². The zero-order chi connectivity index (χ0) is 14.0. The van der Waals surface area contributed by atoms with Gasteiger partial charge in [0, 0.05) is 4.47 Å². The quantitative estimate of drug-likeness (QED) is 0.804. The van der Waals surface area contributed by atoms with Gasteiger partial charge >= 0.3 is 0 Å². The molecule has 19 heavy (non-hydrogen) atoms. The van der Waals surface area contributed by atoms with Gasteiger partial charge in [-0.2, -0.15) is 0 Å². The van der Waals surface area contributed by atoms with Gasteiger partial charge in [-0.05, 0) is 42.8 Å². The zero-order valence-corrected chi connectivity index (χ0v) is 12.5. The van der Waals surface area contributed by atoms with E-state index in [0.717, 1.165) is 10.0 Å². The van der Waals surface area contributed by atoms with Gasteiger partial charge in [-0.1, -0.05) is 33.6 Å². The van der Waals surface area contributed by atoms with E-state index in [9.17, 15) is 4.79 Å². The number of carbonyl (C=O) groups excluding carboxylic acids is 1. The van der Waals surface area contributed by atoms with E-state index in [1.807, 2.05) is 13.0 Å². The zero-order valence-electron chi connectivity index (χ0n) is 10.2. The highest BCUT2D eigenvalue weighted by atomic mass is 79.9. The van der Waals surface area contributed by atoms with Crippen LogP contribution in [0.3, 0.4) is 0 Å². The average molecular weight is 340 g/mol. The van der Waals surface area contributed by atoms with E-state index in [1.54, 1.807) is 30.3 Å². The Morgan fingerprint density at radius 1 is 1.26 bits per heavy atom. The topological polar surface area (TPSA) is 55.1 Å². The van der Waals surface area contributed by atoms with Crippen LogP contribution in [-0.2, 0) is 0 Å². The Hall–Kier alpha value is -1.52. The number of anilines is 2. The Labute approximate surface area is 124 Å². The van der Waals surface area contributed by atoms with Crippen molar-refractivity contribution in [2.75, 3.05) is 11.1 Å². The highest BCUT2D eigenvalue weighted by molar-refractivity contribution is 9.10. The van der Waals surface area contributed by atoms with Crippen LogP contribution in [0.25, 0.3) is 0 Å². The minimum atomic E-state index is -0.290. The van der Waals surface area contributed by atoms with Crippen molar-refractivity contribution >= 4 is 44.8 Å². The summed E-state index contributed by atoms with van der Waals surface area (Å²) < 4.78 is 0.791. The molecule has 98 valence electrons. The molecule has 0 spiro atoms. The van der Waals surface area contributed by atoms with Crippen LogP contribution in [0.5, 0.6) is 0 Å². The summed E-state index contributed by atoms with van der Waals surface area (Å²) in [5.74, 6) is -0.290. The Kier molecular flexibility index (Phi) is 4.12. The van der Waals surface area contributed by atoms with E-state index in [4.69, 9.17) is 17.3 Å². The number of hydrogen-bond donors (Lipinski definition) is 2. The summed E-state index contributed by atoms with van der Waals surface area (Å²) in [4.78, 5) is 12.2. The van der Waals surface area contributed by atoms with E-state index in [-0.39, 0.29) is 5.91 Å². The first-order valence-corrected chi connectivity index (χ1v) is 6.77. The first-order chi connectivity index (χ1) is 8.97. The van der Waals surface area contributed by atoms with Crippen molar-refractivity contribution < 1.29 is 4.79 Å². The molecular weight excluding hydrogens is 328 g/mol. The molecule has 0 heterocycles. The largest absolute Gasteiger partial charge is 0.397 e. The number of halogens is 2. The molecule has 5 heteroatoms. The molecule has 0 aliphatic carbocycles. The molecule has 0 aliphatic rings. The Balaban J connectivity index is 2.28. The standard InChI is InChI=1S/C14H12BrClN2O/c1-8-2-5-13(12(17)6-8)18-14(19)10-7-9(15)3-4-11(10)16/h2-7H,17H2,1H3,(H,18,19). The molecule has 0 saturated heterocycles. The van der Waals surface area contributed by atoms with Gasteiger partial charge in [0.05, 0.1) is 22.0 Å². The molecule has 0 radical (unpaired) electrons. The van der Waals surface area contributed by atoms with Gasteiger partial charge in [-0.15, -0.1) is 0 Å². The second kappa shape index (κ2) is 5.63. The molecule has 1 amide bonds. The highest BCUT2D eigenvalue weighted by Crippen LogP contribution is 2.24. The van der Waals surface area contributed by atoms with Crippen molar-refractivity contribution in [1.29, 1.82) is 0 Å². The Morgan fingerprint density at radius 3 is 2.68 bits per heavy atom. The maximum atomic E-state index is 12.2. The molecule has 2 aromatic carbocycles. The highest BCUT2D eigenvalue weighted by Gasteiger charge is 2.12. The van der Waals surface area contributed by atoms with Crippen molar-refractivity contribution in [2.24, 2.45) is 0 Å². The number of aryl methyl sites for hydroxylation is 1. The third-order valence-corrected chi connectivity index (χ3v) is 3.45. The molecule has 0 atom stereocenters. The van der Waals surface area contributed by atoms with E-state index < -0.39 is 0 Å². The minimum absolute atomic E-state index is 0.290. The summed E-state index contributed by atoms with van der Waals surface area (Å²) in [7, 11) is 0. The summed E-state index contributed by atoms with van der Waals surface area (Å²) in [6.07, 6.45) is 0. The average Bonchev–Trinajstić information content (AvgIpc) is 2.35. The van der Waals surface area contributed by atoms with Gasteiger partial charge < -0.3 is 11.1 Å². The summed E-state index contributed by atoms with van der Waals surface area (Å²) in [6.45, 7) is 1.94. The predicted molar refractivity (Wildman–Crippen MR) is 82.7 cm³/mol. The molecule has 0 aliphatic heterocycles. The molecule has 3 nitrogen and oxygen atoms in total. The summed E-state index contributed by atoms with van der Waals surface area (Å²) in [5.41, 5.74) is 8.40. The molecule has 3 N–H and O–H groups in total. The van der Waals surface area contributed by atoms with Gasteiger partial charge in [0.25, 0.3) is 5.91 Å². The molecule has 0 fully saturated rings. The Morgan fingerprint density at radius 2 is 2.00 bits per heavy atom. The van der Waals surface area contributed by atoms with Gasteiger partial charge in [0.15, 0.2) is 0 Å². The minimum Gasteiger partial charge on any atom is -0.397 e. The first-order valence-electron chi connectivity index (χ1n) is 5.60. The first kappa shape index (κ1) is 13.9. The van der Waals surface area contributed by atoms with Crippen molar-refractivity contribution in [3.05, 3.63) is 57.0 Å². The molecule has 0 unspecified atom stereocenters. The van der Waals surface area contributed by atoms with Crippen LogP contribution in [0, 0.1) is 6.92 Å². The normalized spacial score (nSPS) is 10.3. The number of carbonyl (C=O) groups is 1. The smallest absolute Gasteiger partial charge is 0.257 e. The Bertz CT molecular complexity index is 643. The molecule has 2 rings (SSSR count). The van der Waals surface area contributed by atoms with Crippen LogP contribution >= 0.6 is 27.5 Å². The maximum absolute atomic E-state index is 12.2. The van der Waals surface area contributed by atoms with E-state index >= 15 is 0 Å². The number of rotatable bonds is 2. The van der Waals surface area contributed by atoms with E-state index in [0.29, 0.717) is 22.0 Å². The molecule has 2 aromatic rings. The van der Waals surface area contributed by atoms with Crippen LogP contribution < -0.4 is 11.1 Å². The monoisotopic (exact) mass is 338 g/mol. The third-order valence-electron chi connectivity index (χ3n) is 2.63. The SMILES string of the molecule is Cc1ccc(NC(=O)c2cc(Br)ccc2Cl)c(N)c1. The van der Waals surface area contributed by atoms with Crippen LogP contribution in [0.2, 0.25) is 5.02 Å². The number of hydrogen-bond acceptors (Lipinski definition) is 2. The summed E-state index contributed by atoms with van der Waals surface area (Å²) >= 11 is 9.32. The van der Waals surface area contributed by atoms with Crippen molar-refractivity contribution in [1.82, 2.24) is 0 Å². The lowest BCUT2D eigenvalue weighted by atomic mass is 10.1. The second-order valence-corrected chi connectivity index (χ2v) is 5.49. The number of nitrogens with one attached hydrogen (secondary N) is 1. The lowest BCUT2D eigenvalue weighted by Gasteiger charge is -2.10. The van der Waals surface area contributed by atoms with Gasteiger partial charge in [0.2, 0.25) is 0 Å². The molecule has 0 saturated carbocycles. The fourth-order valence-corrected chi connectivity index (χ4v) is 2.22. The fraction of sp³-hybridized carbons (Fsp3) is 0.0714. The predicted octanol–water partition coefficient (Wildman–Crippen LogP) is 4.25. The lowest BCUT2D eigenvalue weighted by molar-refractivity contribution is 0.102. The van der Waals surface area contributed by atoms with Crippen LogP contribution in [0.4, 0.5) is 11.4 Å². The van der Waals surface area contributed by atoms with E-state index in [1.165, 1.54) is 0 Å². The maximum Gasteiger partial charge on any atom is 0.257 e. The molecular formula is C14H12BrClN2O. The number of nitrogens with two attached hydrogens (primary N) is 1. The molecule has 0 aromatic heterocycles. The number of benzene rings is 2.